The topological polar surface area (TPSA) is 200 Å². The van der Waals surface area contributed by atoms with Gasteiger partial charge in [0.1, 0.15) is 12.5 Å². The third kappa shape index (κ3) is 12.8. The quantitative estimate of drug-likeness (QED) is 0.114. The summed E-state index contributed by atoms with van der Waals surface area (Å²) in [6, 6.07) is 0. The van der Waals surface area contributed by atoms with Crippen molar-refractivity contribution in [3.8, 4) is 0 Å². The third-order valence-electron chi connectivity index (χ3n) is 3.23. The Morgan fingerprint density at radius 3 is 2.29 bits per heavy atom. The fourth-order valence-corrected chi connectivity index (χ4v) is 2.86. The average Bonchev–Trinajstić information content (AvgIpc) is 2.55. The highest BCUT2D eigenvalue weighted by atomic mass is 32.2. The van der Waals surface area contributed by atoms with Crippen LogP contribution in [0.15, 0.2) is 0 Å². The summed E-state index contributed by atoms with van der Waals surface area (Å²) in [5.41, 5.74) is -1.28. The molecule has 0 aromatic carbocycles. The molecule has 0 heterocycles. The summed E-state index contributed by atoms with van der Waals surface area (Å²) >= 11 is 0.784. The highest BCUT2D eigenvalue weighted by Gasteiger charge is 2.35. The Kier molecular flexibility index (Phi) is 11.5. The third-order valence-corrected chi connectivity index (χ3v) is 4.57. The van der Waals surface area contributed by atoms with Gasteiger partial charge in [0.15, 0.2) is 5.12 Å². The molecule has 0 unspecified atom stereocenters. The normalized spacial score (nSPS) is 12.9. The Morgan fingerprint density at radius 2 is 1.75 bits per heavy atom. The largest absolute Gasteiger partial charge is 0.481 e. The fourth-order valence-electron chi connectivity index (χ4n) is 1.70. The molecule has 12 nitrogen and oxygen atoms in total. The summed E-state index contributed by atoms with van der Waals surface area (Å²) in [6.45, 7) is 2.23. The monoisotopic (exact) mass is 444 g/mol. The molecule has 0 aliphatic carbocycles. The zero-order valence-electron chi connectivity index (χ0n) is 15.4. The highest BCUT2D eigenvalue weighted by Crippen LogP contribution is 2.38. The van der Waals surface area contributed by atoms with Gasteiger partial charge in [-0.15, -0.1) is 0 Å². The maximum absolute atomic E-state index is 11.9. The second-order valence-corrected chi connectivity index (χ2v) is 8.73. The summed E-state index contributed by atoms with van der Waals surface area (Å²) in [5, 5.41) is 22.7. The van der Waals surface area contributed by atoms with Crippen LogP contribution < -0.4 is 10.6 Å². The molecule has 14 heteroatoms. The van der Waals surface area contributed by atoms with Gasteiger partial charge in [0, 0.05) is 30.7 Å². The van der Waals surface area contributed by atoms with Crippen molar-refractivity contribution in [3.63, 3.8) is 0 Å². The van der Waals surface area contributed by atoms with Crippen molar-refractivity contribution >= 4 is 42.5 Å². The number of phosphoric ester groups is 1. The van der Waals surface area contributed by atoms with Crippen LogP contribution >= 0.6 is 19.6 Å². The van der Waals surface area contributed by atoms with E-state index in [1.807, 2.05) is 0 Å². The number of aliphatic hydroxyl groups is 1. The lowest BCUT2D eigenvalue weighted by Gasteiger charge is -2.29. The first-order valence-corrected chi connectivity index (χ1v) is 10.6. The molecule has 0 aromatic heterocycles. The average molecular weight is 444 g/mol. The molecule has 0 aromatic rings. The number of amides is 2. The van der Waals surface area contributed by atoms with E-state index < -0.39 is 55.3 Å². The van der Waals surface area contributed by atoms with Crippen molar-refractivity contribution < 1.29 is 48.3 Å². The maximum Gasteiger partial charge on any atom is 0.469 e. The molecule has 28 heavy (non-hydrogen) atoms. The maximum atomic E-state index is 11.9. The summed E-state index contributed by atoms with van der Waals surface area (Å²) in [4.78, 5) is 62.3. The number of nitrogens with one attached hydrogen (secondary N) is 2. The van der Waals surface area contributed by atoms with Gasteiger partial charge in [0.25, 0.3) is 0 Å². The first kappa shape index (κ1) is 26.5. The molecule has 162 valence electrons. The summed E-state index contributed by atoms with van der Waals surface area (Å²) in [5.74, 6) is -2.28. The lowest BCUT2D eigenvalue weighted by atomic mass is 9.87. The van der Waals surface area contributed by atoms with E-state index in [0.717, 1.165) is 11.8 Å². The Morgan fingerprint density at radius 1 is 1.14 bits per heavy atom. The van der Waals surface area contributed by atoms with E-state index in [4.69, 9.17) is 14.9 Å². The first-order chi connectivity index (χ1) is 12.7. The van der Waals surface area contributed by atoms with E-state index in [0.29, 0.717) is 0 Å². The van der Waals surface area contributed by atoms with Gasteiger partial charge < -0.3 is 30.6 Å². The molecular weight excluding hydrogens is 419 g/mol. The van der Waals surface area contributed by atoms with Gasteiger partial charge in [-0.1, -0.05) is 25.6 Å². The van der Waals surface area contributed by atoms with Crippen LogP contribution in [0.1, 0.15) is 26.7 Å². The van der Waals surface area contributed by atoms with E-state index >= 15 is 0 Å². The molecule has 1 atom stereocenters. The molecule has 0 aliphatic heterocycles. The number of aliphatic carboxylic acids is 1. The minimum absolute atomic E-state index is 0.0950. The minimum Gasteiger partial charge on any atom is -0.481 e. The highest BCUT2D eigenvalue weighted by molar-refractivity contribution is 8.13. The summed E-state index contributed by atoms with van der Waals surface area (Å²) in [6.07, 6.45) is -2.33. The number of aliphatic hydroxyl groups excluding tert-OH is 1. The number of hydrogen-bond acceptors (Lipinski definition) is 8. The van der Waals surface area contributed by atoms with Crippen LogP contribution in [0, 0.1) is 5.41 Å². The van der Waals surface area contributed by atoms with E-state index in [1.165, 1.54) is 13.8 Å². The summed E-state index contributed by atoms with van der Waals surface area (Å²) in [7, 11) is -4.74. The summed E-state index contributed by atoms with van der Waals surface area (Å²) < 4.78 is 15.0. The van der Waals surface area contributed by atoms with Gasteiger partial charge in [-0.3, -0.25) is 23.7 Å². The molecular formula is C14H25N2O10PS. The second-order valence-electron chi connectivity index (χ2n) is 6.34. The van der Waals surface area contributed by atoms with Gasteiger partial charge >= 0.3 is 13.8 Å². The van der Waals surface area contributed by atoms with Crippen molar-refractivity contribution in [2.45, 2.75) is 32.8 Å². The van der Waals surface area contributed by atoms with Crippen molar-refractivity contribution in [1.82, 2.24) is 10.6 Å². The van der Waals surface area contributed by atoms with Crippen molar-refractivity contribution in [3.05, 3.63) is 0 Å². The van der Waals surface area contributed by atoms with Gasteiger partial charge in [-0.05, 0) is 0 Å². The predicted molar refractivity (Wildman–Crippen MR) is 98.1 cm³/mol. The standard InChI is InChI=1S/C14H25N2O10PS/c1-14(2,8-26-27(23,24)25)12(21)13(22)16-4-3-9(17)15-5-6-28-11(20)7-10(18)19/h12,21H,3-8H2,1-2H3,(H,15,17)(H,16,22)(H,18,19)(H2,23,24,25)/t12-/m0/s1. The van der Waals surface area contributed by atoms with Gasteiger partial charge in [0.05, 0.1) is 6.61 Å². The number of phosphoric acid groups is 1. The van der Waals surface area contributed by atoms with Crippen molar-refractivity contribution in [2.24, 2.45) is 5.41 Å². The van der Waals surface area contributed by atoms with Crippen molar-refractivity contribution in [1.29, 1.82) is 0 Å². The Bertz CT molecular complexity index is 621. The Hall–Kier alpha value is -1.50. The van der Waals surface area contributed by atoms with Crippen LogP contribution in [0.2, 0.25) is 0 Å². The van der Waals surface area contributed by atoms with Crippen LogP contribution in [-0.4, -0.2) is 74.5 Å². The smallest absolute Gasteiger partial charge is 0.469 e. The molecule has 0 rings (SSSR count). The number of hydrogen-bond donors (Lipinski definition) is 6. The van der Waals surface area contributed by atoms with Gasteiger partial charge in [-0.2, -0.15) is 0 Å². The van der Waals surface area contributed by atoms with Gasteiger partial charge in [-0.25, -0.2) is 4.57 Å². The first-order valence-electron chi connectivity index (χ1n) is 8.04. The van der Waals surface area contributed by atoms with Crippen LogP contribution in [-0.2, 0) is 28.3 Å². The van der Waals surface area contributed by atoms with E-state index in [2.05, 4.69) is 15.2 Å². The van der Waals surface area contributed by atoms with E-state index in [1.54, 1.807) is 0 Å². The van der Waals surface area contributed by atoms with Gasteiger partial charge in [0.2, 0.25) is 11.8 Å². The van der Waals surface area contributed by atoms with Crippen LogP contribution in [0.3, 0.4) is 0 Å². The molecule has 0 radical (unpaired) electrons. The number of carbonyl (C=O) groups excluding carboxylic acids is 3. The van der Waals surface area contributed by atoms with Crippen LogP contribution in [0.4, 0.5) is 0 Å². The minimum atomic E-state index is -4.74. The second kappa shape index (κ2) is 12.1. The predicted octanol–water partition coefficient (Wildman–Crippen LogP) is -1.16. The lowest BCUT2D eigenvalue weighted by Crippen LogP contribution is -2.46. The molecule has 0 spiro atoms. The number of thioether (sulfide) groups is 1. The molecule has 0 bridgehead atoms. The lowest BCUT2D eigenvalue weighted by molar-refractivity contribution is -0.139. The van der Waals surface area contributed by atoms with E-state index in [9.17, 15) is 28.8 Å². The molecule has 6 N–H and O–H groups in total. The van der Waals surface area contributed by atoms with Crippen LogP contribution in [0.5, 0.6) is 0 Å². The van der Waals surface area contributed by atoms with Crippen molar-refractivity contribution in [2.75, 3.05) is 25.4 Å². The molecule has 2 amide bonds. The van der Waals surface area contributed by atoms with Crippen LogP contribution in [0.25, 0.3) is 0 Å². The molecule has 0 aliphatic rings. The number of carboxylic acid groups (broad SMARTS) is 1. The van der Waals surface area contributed by atoms with E-state index in [-0.39, 0.29) is 25.3 Å². The SMILES string of the molecule is CC(C)(COP(=O)(O)O)[C@@H](O)C(=O)NCCC(=O)NCCSC(=O)CC(=O)O. The Labute approximate surface area is 165 Å². The zero-order chi connectivity index (χ0) is 22.0. The molecule has 0 saturated heterocycles. The molecule has 0 fully saturated rings. The number of rotatable bonds is 13. The zero-order valence-corrected chi connectivity index (χ0v) is 17.1. The molecule has 0 saturated carbocycles. The Balaban J connectivity index is 4.09. The fraction of sp³-hybridized carbons (Fsp3) is 0.714. The number of carboxylic acids is 1. The number of carbonyl (C=O) groups is 4.